The summed E-state index contributed by atoms with van der Waals surface area (Å²) in [5.41, 5.74) is 1.48. The molecule has 0 radical (unpaired) electrons. The first kappa shape index (κ1) is 17.1. The molecule has 1 fully saturated rings. The van der Waals surface area contributed by atoms with E-state index < -0.39 is 4.92 Å². The fourth-order valence-corrected chi connectivity index (χ4v) is 2.88. The van der Waals surface area contributed by atoms with Crippen molar-refractivity contribution in [3.63, 3.8) is 0 Å². The molecule has 0 saturated carbocycles. The summed E-state index contributed by atoms with van der Waals surface area (Å²) < 4.78 is 0. The van der Waals surface area contributed by atoms with Crippen LogP contribution in [0.5, 0.6) is 0 Å². The summed E-state index contributed by atoms with van der Waals surface area (Å²) in [6, 6.07) is 3.10. The van der Waals surface area contributed by atoms with E-state index in [1.807, 2.05) is 6.92 Å². The summed E-state index contributed by atoms with van der Waals surface area (Å²) in [5, 5.41) is 16.9. The van der Waals surface area contributed by atoms with Gasteiger partial charge in [-0.2, -0.15) is 0 Å². The minimum Gasteiger partial charge on any atom is -0.383 e. The van der Waals surface area contributed by atoms with Crippen molar-refractivity contribution in [1.29, 1.82) is 0 Å². The largest absolute Gasteiger partial charge is 0.383 e. The van der Waals surface area contributed by atoms with E-state index in [2.05, 4.69) is 22.5 Å². The van der Waals surface area contributed by atoms with Gasteiger partial charge in [-0.1, -0.05) is 6.92 Å². The number of piperidine rings is 1. The number of amides is 1. The number of benzene rings is 1. The van der Waals surface area contributed by atoms with Crippen molar-refractivity contribution in [3.05, 3.63) is 27.8 Å². The number of nitrogens with zero attached hydrogens (tertiary/aromatic N) is 2. The van der Waals surface area contributed by atoms with Crippen LogP contribution in [-0.2, 0) is 0 Å². The predicted molar refractivity (Wildman–Crippen MR) is 91.3 cm³/mol. The monoisotopic (exact) mass is 320 g/mol. The van der Waals surface area contributed by atoms with Gasteiger partial charge in [0.1, 0.15) is 5.69 Å². The fourth-order valence-electron chi connectivity index (χ4n) is 2.88. The van der Waals surface area contributed by atoms with Crippen LogP contribution in [0.15, 0.2) is 12.1 Å². The number of carbonyl (C=O) groups is 1. The first-order valence-electron chi connectivity index (χ1n) is 8.01. The highest BCUT2D eigenvalue weighted by molar-refractivity contribution is 6.01. The van der Waals surface area contributed by atoms with Crippen molar-refractivity contribution in [3.8, 4) is 0 Å². The molecule has 0 aromatic heterocycles. The molecule has 0 aliphatic carbocycles. The zero-order valence-corrected chi connectivity index (χ0v) is 13.9. The number of rotatable bonds is 5. The van der Waals surface area contributed by atoms with Gasteiger partial charge in [0.2, 0.25) is 0 Å². The van der Waals surface area contributed by atoms with Crippen LogP contribution in [0.25, 0.3) is 0 Å². The molecule has 2 rings (SSSR count). The van der Waals surface area contributed by atoms with Crippen LogP contribution >= 0.6 is 0 Å². The van der Waals surface area contributed by atoms with Crippen molar-refractivity contribution < 1.29 is 9.72 Å². The van der Waals surface area contributed by atoms with Gasteiger partial charge in [0.05, 0.1) is 16.2 Å². The summed E-state index contributed by atoms with van der Waals surface area (Å²) in [6.07, 6.45) is 2.11. The van der Waals surface area contributed by atoms with Gasteiger partial charge in [-0.15, -0.1) is 0 Å². The van der Waals surface area contributed by atoms with Crippen molar-refractivity contribution in [2.75, 3.05) is 36.9 Å². The third-order valence-corrected chi connectivity index (χ3v) is 4.29. The number of nitro groups is 1. The molecule has 2 N–H and O–H groups in total. The highest BCUT2D eigenvalue weighted by Gasteiger charge is 2.26. The number of hydrogen-bond donors (Lipinski definition) is 2. The van der Waals surface area contributed by atoms with E-state index in [9.17, 15) is 14.9 Å². The van der Waals surface area contributed by atoms with Crippen LogP contribution in [0.1, 0.15) is 37.0 Å². The molecule has 1 aromatic rings. The maximum atomic E-state index is 12.4. The Balaban J connectivity index is 2.48. The molecule has 1 heterocycles. The summed E-state index contributed by atoms with van der Waals surface area (Å²) in [7, 11) is 1.65. The molecule has 23 heavy (non-hydrogen) atoms. The van der Waals surface area contributed by atoms with Gasteiger partial charge in [0.15, 0.2) is 0 Å². The summed E-state index contributed by atoms with van der Waals surface area (Å²) in [4.78, 5) is 25.3. The quantitative estimate of drug-likeness (QED) is 0.643. The van der Waals surface area contributed by atoms with Crippen molar-refractivity contribution >= 4 is 23.0 Å². The third-order valence-electron chi connectivity index (χ3n) is 4.29. The Morgan fingerprint density at radius 2 is 2.04 bits per heavy atom. The molecule has 1 aliphatic heterocycles. The molecular formula is C16H24N4O3. The standard InChI is InChI=1S/C16H24N4O3/c1-4-18-16(21)12-9-15(20(22)23)13(17-3)10-14(12)19-7-5-11(2)6-8-19/h9-11,17H,4-8H2,1-3H3,(H,18,21). The molecule has 126 valence electrons. The highest BCUT2D eigenvalue weighted by atomic mass is 16.6. The summed E-state index contributed by atoms with van der Waals surface area (Å²) >= 11 is 0. The maximum Gasteiger partial charge on any atom is 0.293 e. The molecule has 1 amide bonds. The Hall–Kier alpha value is -2.31. The molecule has 1 saturated heterocycles. The lowest BCUT2D eigenvalue weighted by atomic mass is 9.97. The molecule has 1 aromatic carbocycles. The zero-order valence-electron chi connectivity index (χ0n) is 13.9. The summed E-state index contributed by atoms with van der Waals surface area (Å²) in [6.45, 7) is 6.24. The molecule has 1 aliphatic rings. The van der Waals surface area contributed by atoms with Crippen LogP contribution in [0.2, 0.25) is 0 Å². The van der Waals surface area contributed by atoms with Crippen LogP contribution in [0.4, 0.5) is 17.1 Å². The minimum atomic E-state index is -0.462. The predicted octanol–water partition coefficient (Wildman–Crippen LogP) is 2.62. The van der Waals surface area contributed by atoms with Crippen molar-refractivity contribution in [1.82, 2.24) is 5.32 Å². The fraction of sp³-hybridized carbons (Fsp3) is 0.562. The first-order chi connectivity index (χ1) is 11.0. The Kier molecular flexibility index (Phi) is 5.41. The van der Waals surface area contributed by atoms with E-state index >= 15 is 0 Å². The lowest BCUT2D eigenvalue weighted by molar-refractivity contribution is -0.383. The molecule has 0 unspecified atom stereocenters. The van der Waals surface area contributed by atoms with Gasteiger partial charge < -0.3 is 15.5 Å². The Morgan fingerprint density at radius 1 is 1.39 bits per heavy atom. The number of hydrogen-bond acceptors (Lipinski definition) is 5. The highest BCUT2D eigenvalue weighted by Crippen LogP contribution is 2.35. The van der Waals surface area contributed by atoms with E-state index in [0.717, 1.165) is 31.6 Å². The van der Waals surface area contributed by atoms with Gasteiger partial charge in [0, 0.05) is 32.7 Å². The Morgan fingerprint density at radius 3 is 2.57 bits per heavy atom. The maximum absolute atomic E-state index is 12.4. The van der Waals surface area contributed by atoms with Crippen LogP contribution in [0.3, 0.4) is 0 Å². The van der Waals surface area contributed by atoms with Crippen molar-refractivity contribution in [2.24, 2.45) is 5.92 Å². The Bertz CT molecular complexity index is 595. The smallest absolute Gasteiger partial charge is 0.293 e. The van der Waals surface area contributed by atoms with Crippen LogP contribution < -0.4 is 15.5 Å². The molecule has 0 spiro atoms. The molecule has 0 bridgehead atoms. The number of nitrogens with one attached hydrogen (secondary N) is 2. The first-order valence-corrected chi connectivity index (χ1v) is 8.01. The van der Waals surface area contributed by atoms with Crippen LogP contribution in [-0.4, -0.2) is 37.5 Å². The second-order valence-electron chi connectivity index (χ2n) is 5.92. The van der Waals surface area contributed by atoms with Crippen molar-refractivity contribution in [2.45, 2.75) is 26.7 Å². The minimum absolute atomic E-state index is 0.0807. The van der Waals surface area contributed by atoms with Gasteiger partial charge in [-0.05, 0) is 31.7 Å². The lowest BCUT2D eigenvalue weighted by Crippen LogP contribution is -2.35. The normalized spacial score (nSPS) is 15.3. The molecular weight excluding hydrogens is 296 g/mol. The van der Waals surface area contributed by atoms with Gasteiger partial charge >= 0.3 is 0 Å². The molecule has 7 heteroatoms. The van der Waals surface area contributed by atoms with E-state index in [4.69, 9.17) is 0 Å². The Labute approximate surface area is 136 Å². The molecule has 0 atom stereocenters. The zero-order chi connectivity index (χ0) is 17.0. The average molecular weight is 320 g/mol. The second kappa shape index (κ2) is 7.30. The second-order valence-corrected chi connectivity index (χ2v) is 5.92. The van der Waals surface area contributed by atoms with Gasteiger partial charge in [0.25, 0.3) is 11.6 Å². The summed E-state index contributed by atoms with van der Waals surface area (Å²) in [5.74, 6) is 0.396. The van der Waals surface area contributed by atoms with Gasteiger partial charge in [-0.25, -0.2) is 0 Å². The number of carbonyl (C=O) groups excluding carboxylic acids is 1. The topological polar surface area (TPSA) is 87.5 Å². The SMILES string of the molecule is CCNC(=O)c1cc([N+](=O)[O-])c(NC)cc1N1CCC(C)CC1. The van der Waals surface area contributed by atoms with E-state index in [1.54, 1.807) is 13.1 Å². The van der Waals surface area contributed by atoms with E-state index in [0.29, 0.717) is 23.7 Å². The average Bonchev–Trinajstić information content (AvgIpc) is 2.54. The molecule has 7 nitrogen and oxygen atoms in total. The lowest BCUT2D eigenvalue weighted by Gasteiger charge is -2.33. The third kappa shape index (κ3) is 3.72. The van der Waals surface area contributed by atoms with Gasteiger partial charge in [-0.3, -0.25) is 14.9 Å². The van der Waals surface area contributed by atoms with E-state index in [-0.39, 0.29) is 11.6 Å². The van der Waals surface area contributed by atoms with Crippen LogP contribution in [0, 0.1) is 16.0 Å². The van der Waals surface area contributed by atoms with E-state index in [1.165, 1.54) is 6.07 Å². The number of nitro benzene ring substituents is 1. The number of anilines is 2.